The molecule has 27 heavy (non-hydrogen) atoms. The van der Waals surface area contributed by atoms with Crippen molar-refractivity contribution in [2.24, 2.45) is 0 Å². The number of thiophene rings is 1. The van der Waals surface area contributed by atoms with Gasteiger partial charge in [0.25, 0.3) is 5.91 Å². The number of carbonyl (C=O) groups excluding carboxylic acids is 1. The zero-order valence-corrected chi connectivity index (χ0v) is 19.2. The molecule has 0 spiro atoms. The number of amides is 1. The largest absolute Gasteiger partial charge is 1.00 e. The molecule has 0 N–H and O–H groups in total. The smallest absolute Gasteiger partial charge is 0.270 e. The van der Waals surface area contributed by atoms with Crippen molar-refractivity contribution >= 4 is 59.9 Å². The Bertz CT molecular complexity index is 913. The number of rotatable bonds is 7. The van der Waals surface area contributed by atoms with Crippen LogP contribution < -0.4 is 22.0 Å². The highest BCUT2D eigenvalue weighted by Gasteiger charge is 2.23. The fourth-order valence-corrected chi connectivity index (χ4v) is 4.79. The molecule has 146 valence electrons. The molecular weight excluding hydrogens is 470 g/mol. The molecule has 0 unspecified atom stereocenters. The molecule has 3 aromatic rings. The molecule has 0 aliphatic heterocycles. The summed E-state index contributed by atoms with van der Waals surface area (Å²) in [5, 5.41) is 0.698. The van der Waals surface area contributed by atoms with Crippen molar-refractivity contribution in [3.05, 3.63) is 39.0 Å². The first-order chi connectivity index (χ1) is 12.5. The van der Waals surface area contributed by atoms with Crippen LogP contribution in [0.3, 0.4) is 0 Å². The van der Waals surface area contributed by atoms with Crippen molar-refractivity contribution in [3.8, 4) is 5.75 Å². The Labute approximate surface area is 181 Å². The first-order valence-electron chi connectivity index (χ1n) is 8.24. The first kappa shape index (κ1) is 22.1. The highest BCUT2D eigenvalue weighted by Crippen LogP contribution is 2.35. The molecule has 2 heterocycles. The van der Waals surface area contributed by atoms with Crippen LogP contribution in [0.15, 0.2) is 34.1 Å². The van der Waals surface area contributed by atoms with E-state index in [2.05, 4.69) is 20.8 Å². The van der Waals surface area contributed by atoms with Gasteiger partial charge in [-0.25, -0.2) is 4.98 Å². The number of hydrogen-bond donors (Lipinski definition) is 0. The van der Waals surface area contributed by atoms with Gasteiger partial charge in [0.05, 0.1) is 20.0 Å². The molecule has 1 aromatic carbocycles. The van der Waals surface area contributed by atoms with Crippen LogP contribution in [0, 0.1) is 0 Å². The predicted octanol–water partition coefficient (Wildman–Crippen LogP) is 1.73. The van der Waals surface area contributed by atoms with Crippen molar-refractivity contribution in [1.29, 1.82) is 0 Å². The van der Waals surface area contributed by atoms with E-state index in [9.17, 15) is 4.79 Å². The van der Waals surface area contributed by atoms with Crippen molar-refractivity contribution in [2.45, 2.75) is 6.92 Å². The Hall–Kier alpha value is -1.19. The van der Waals surface area contributed by atoms with E-state index in [1.807, 2.05) is 51.4 Å². The van der Waals surface area contributed by atoms with Crippen molar-refractivity contribution < 1.29 is 21.9 Å². The van der Waals surface area contributed by atoms with Crippen LogP contribution in [0.2, 0.25) is 0 Å². The molecular formula is C18H20BrClN3O2S2-. The van der Waals surface area contributed by atoms with E-state index < -0.39 is 0 Å². The molecule has 5 nitrogen and oxygen atoms in total. The first-order valence-corrected chi connectivity index (χ1v) is 10.7. The average Bonchev–Trinajstić information content (AvgIpc) is 3.21. The number of ether oxygens (including phenoxy) is 1. The van der Waals surface area contributed by atoms with Gasteiger partial charge in [-0.05, 0) is 61.2 Å². The second-order valence-electron chi connectivity index (χ2n) is 5.90. The number of likely N-dealkylation sites (N-methyl/N-ethyl adjacent to an activating group) is 1. The maximum Gasteiger partial charge on any atom is 0.270 e. The van der Waals surface area contributed by atoms with Crippen molar-refractivity contribution in [3.63, 3.8) is 0 Å². The highest BCUT2D eigenvalue weighted by atomic mass is 79.9. The van der Waals surface area contributed by atoms with Crippen LogP contribution in [-0.2, 0) is 0 Å². The van der Waals surface area contributed by atoms with Gasteiger partial charge >= 0.3 is 0 Å². The summed E-state index contributed by atoms with van der Waals surface area (Å²) in [5.41, 5.74) is 0.810. The van der Waals surface area contributed by atoms with Gasteiger partial charge in [0.2, 0.25) is 0 Å². The second kappa shape index (κ2) is 9.84. The topological polar surface area (TPSA) is 45.7 Å². The number of aromatic nitrogens is 1. The molecule has 2 aromatic heterocycles. The van der Waals surface area contributed by atoms with E-state index in [0.29, 0.717) is 23.2 Å². The van der Waals surface area contributed by atoms with Crippen LogP contribution in [-0.4, -0.2) is 49.6 Å². The second-order valence-corrected chi connectivity index (χ2v) is 9.37. The van der Waals surface area contributed by atoms with E-state index in [0.717, 1.165) is 26.3 Å². The molecule has 1 amide bonds. The third-order valence-electron chi connectivity index (χ3n) is 3.70. The minimum Gasteiger partial charge on any atom is -1.00 e. The molecule has 0 aliphatic rings. The minimum absolute atomic E-state index is 0. The third-order valence-corrected chi connectivity index (χ3v) is 6.36. The van der Waals surface area contributed by atoms with Crippen molar-refractivity contribution in [2.75, 3.05) is 38.7 Å². The number of nitrogens with zero attached hydrogens (tertiary/aromatic N) is 3. The zero-order valence-electron chi connectivity index (χ0n) is 15.2. The predicted molar refractivity (Wildman–Crippen MR) is 113 cm³/mol. The number of thiazole rings is 1. The van der Waals surface area contributed by atoms with Crippen LogP contribution >= 0.6 is 38.6 Å². The Morgan fingerprint density at radius 2 is 1.96 bits per heavy atom. The number of hydrogen-bond acceptors (Lipinski definition) is 6. The minimum atomic E-state index is -0.0282. The Morgan fingerprint density at radius 3 is 2.59 bits per heavy atom. The highest BCUT2D eigenvalue weighted by molar-refractivity contribution is 9.11. The molecule has 0 atom stereocenters. The lowest BCUT2D eigenvalue weighted by Crippen LogP contribution is -3.00. The Kier molecular flexibility index (Phi) is 8.05. The number of fused-ring (bicyclic) bond motifs is 1. The lowest BCUT2D eigenvalue weighted by molar-refractivity contribution is -0.0000134. The summed E-state index contributed by atoms with van der Waals surface area (Å²) in [7, 11) is 3.99. The lowest BCUT2D eigenvalue weighted by Gasteiger charge is -2.21. The molecule has 0 fully saturated rings. The maximum absolute atomic E-state index is 13.1. The van der Waals surface area contributed by atoms with E-state index >= 15 is 0 Å². The van der Waals surface area contributed by atoms with Gasteiger partial charge in [-0.15, -0.1) is 11.3 Å². The summed E-state index contributed by atoms with van der Waals surface area (Å²) in [6.07, 6.45) is 0. The van der Waals surface area contributed by atoms with Crippen LogP contribution in [0.4, 0.5) is 5.13 Å². The van der Waals surface area contributed by atoms with Gasteiger partial charge in [0.1, 0.15) is 11.3 Å². The number of carbonyl (C=O) groups is 1. The zero-order chi connectivity index (χ0) is 18.7. The molecule has 0 radical (unpaired) electrons. The molecule has 0 saturated carbocycles. The summed E-state index contributed by atoms with van der Waals surface area (Å²) >= 11 is 6.38. The van der Waals surface area contributed by atoms with Gasteiger partial charge in [0.15, 0.2) is 5.13 Å². The molecule has 3 rings (SSSR count). The fraction of sp³-hybridized carbons (Fsp3) is 0.333. The van der Waals surface area contributed by atoms with Gasteiger partial charge < -0.3 is 22.0 Å². The Balaban J connectivity index is 0.00000261. The molecule has 0 saturated heterocycles. The fourth-order valence-electron chi connectivity index (χ4n) is 2.45. The Morgan fingerprint density at radius 1 is 1.19 bits per heavy atom. The number of anilines is 1. The van der Waals surface area contributed by atoms with Gasteiger partial charge in [0, 0.05) is 13.1 Å². The van der Waals surface area contributed by atoms with Gasteiger partial charge in [-0.2, -0.15) is 0 Å². The average molecular weight is 490 g/mol. The summed E-state index contributed by atoms with van der Waals surface area (Å²) in [6.45, 7) is 3.86. The standard InChI is InChI=1S/C18H20BrN3O2S2.ClH/c1-4-24-12-6-5-7-13-16(12)20-18(26-13)22(11-10-21(2)3)17(23)14-8-9-15(19)25-14;/h5-9H,4,10-11H2,1-3H3;1H/p-1. The molecule has 9 heteroatoms. The SMILES string of the molecule is CCOc1cccc2sc(N(CCN(C)C)C(=O)c3ccc(Br)s3)nc12.[Cl-]. The maximum atomic E-state index is 13.1. The summed E-state index contributed by atoms with van der Waals surface area (Å²) in [4.78, 5) is 22.3. The van der Waals surface area contributed by atoms with E-state index in [4.69, 9.17) is 9.72 Å². The number of para-hydroxylation sites is 1. The van der Waals surface area contributed by atoms with Gasteiger partial charge in [-0.1, -0.05) is 17.4 Å². The number of benzene rings is 1. The molecule has 0 bridgehead atoms. The van der Waals surface area contributed by atoms with E-state index in [-0.39, 0.29) is 18.3 Å². The third kappa shape index (κ3) is 5.20. The lowest BCUT2D eigenvalue weighted by atomic mass is 10.3. The summed E-state index contributed by atoms with van der Waals surface area (Å²) in [5.74, 6) is 0.728. The normalized spacial score (nSPS) is 10.9. The van der Waals surface area contributed by atoms with E-state index in [1.54, 1.807) is 4.90 Å². The van der Waals surface area contributed by atoms with E-state index in [1.165, 1.54) is 22.7 Å². The van der Waals surface area contributed by atoms with Crippen LogP contribution in [0.25, 0.3) is 10.2 Å². The monoisotopic (exact) mass is 488 g/mol. The van der Waals surface area contributed by atoms with Crippen LogP contribution in [0.1, 0.15) is 16.6 Å². The number of halogens is 2. The summed E-state index contributed by atoms with van der Waals surface area (Å²) < 4.78 is 7.64. The van der Waals surface area contributed by atoms with Gasteiger partial charge in [-0.3, -0.25) is 9.69 Å². The molecule has 0 aliphatic carbocycles. The summed E-state index contributed by atoms with van der Waals surface area (Å²) in [6, 6.07) is 9.62. The van der Waals surface area contributed by atoms with Crippen molar-refractivity contribution in [1.82, 2.24) is 9.88 Å². The quantitative estimate of drug-likeness (QED) is 0.507. The van der Waals surface area contributed by atoms with Crippen LogP contribution in [0.5, 0.6) is 5.75 Å².